The predicted octanol–water partition coefficient (Wildman–Crippen LogP) is -0.102. The van der Waals surface area contributed by atoms with Gasteiger partial charge in [-0.3, -0.25) is 9.69 Å². The van der Waals surface area contributed by atoms with Crippen molar-refractivity contribution in [2.45, 2.75) is 19.4 Å². The van der Waals surface area contributed by atoms with Crippen molar-refractivity contribution in [3.05, 3.63) is 0 Å². The van der Waals surface area contributed by atoms with Crippen LogP contribution in [-0.4, -0.2) is 68.2 Å². The molecule has 0 spiro atoms. The van der Waals surface area contributed by atoms with Gasteiger partial charge in [-0.05, 0) is 21.0 Å². The van der Waals surface area contributed by atoms with Crippen LogP contribution in [0, 0.1) is 11.8 Å². The van der Waals surface area contributed by atoms with Gasteiger partial charge in [0.05, 0.1) is 13.1 Å². The van der Waals surface area contributed by atoms with Gasteiger partial charge in [-0.1, -0.05) is 11.8 Å². The molecule has 2 amide bonds. The average molecular weight is 267 g/mol. The molecular weight excluding hydrogens is 246 g/mol. The average Bonchev–Trinajstić information content (AvgIpc) is 2.67. The third-order valence-corrected chi connectivity index (χ3v) is 2.61. The molecule has 0 aromatic carbocycles. The number of amides is 2. The van der Waals surface area contributed by atoms with Crippen molar-refractivity contribution in [2.75, 3.05) is 40.3 Å². The van der Waals surface area contributed by atoms with Crippen molar-refractivity contribution in [3.8, 4) is 11.8 Å². The number of alkyl carbamates (subject to hydrolysis) is 1. The van der Waals surface area contributed by atoms with Crippen LogP contribution in [0.2, 0.25) is 0 Å². The van der Waals surface area contributed by atoms with E-state index in [4.69, 9.17) is 4.74 Å². The van der Waals surface area contributed by atoms with Crippen LogP contribution in [0.4, 0.5) is 4.79 Å². The highest BCUT2D eigenvalue weighted by molar-refractivity contribution is 5.85. The summed E-state index contributed by atoms with van der Waals surface area (Å²) in [7, 11) is 3.87. The Morgan fingerprint density at radius 3 is 2.89 bits per heavy atom. The van der Waals surface area contributed by atoms with Crippen molar-refractivity contribution in [1.82, 2.24) is 15.1 Å². The Morgan fingerprint density at radius 2 is 2.26 bits per heavy atom. The van der Waals surface area contributed by atoms with E-state index in [1.165, 1.54) is 0 Å². The third kappa shape index (κ3) is 5.18. The molecule has 0 saturated carbocycles. The summed E-state index contributed by atoms with van der Waals surface area (Å²) in [4.78, 5) is 26.7. The van der Waals surface area contributed by atoms with Crippen molar-refractivity contribution in [3.63, 3.8) is 0 Å². The molecule has 1 rings (SSSR count). The van der Waals surface area contributed by atoms with Gasteiger partial charge in [-0.25, -0.2) is 4.79 Å². The van der Waals surface area contributed by atoms with Gasteiger partial charge >= 0.3 is 6.09 Å². The van der Waals surface area contributed by atoms with Crippen LogP contribution in [0.25, 0.3) is 0 Å². The summed E-state index contributed by atoms with van der Waals surface area (Å²) >= 11 is 0. The number of carbonyl (C=O) groups excluding carboxylic acids is 2. The minimum absolute atomic E-state index is 0.162. The molecule has 0 aliphatic carbocycles. The molecule has 0 radical (unpaired) electrons. The zero-order chi connectivity index (χ0) is 14.3. The molecule has 19 heavy (non-hydrogen) atoms. The summed E-state index contributed by atoms with van der Waals surface area (Å²) in [5.41, 5.74) is 0. The Labute approximate surface area is 114 Å². The first-order valence-electron chi connectivity index (χ1n) is 6.38. The lowest BCUT2D eigenvalue weighted by Crippen LogP contribution is -2.35. The highest BCUT2D eigenvalue weighted by Crippen LogP contribution is 2.13. The summed E-state index contributed by atoms with van der Waals surface area (Å²) in [5, 5.41) is 2.51. The smallest absolute Gasteiger partial charge is 0.407 e. The fourth-order valence-electron chi connectivity index (χ4n) is 1.66. The van der Waals surface area contributed by atoms with Crippen molar-refractivity contribution >= 4 is 12.0 Å². The Morgan fingerprint density at radius 1 is 1.53 bits per heavy atom. The molecule has 1 aliphatic rings. The van der Waals surface area contributed by atoms with Crippen LogP contribution >= 0.6 is 0 Å². The Bertz CT molecular complexity index is 384. The van der Waals surface area contributed by atoms with Crippen LogP contribution in [0.3, 0.4) is 0 Å². The van der Waals surface area contributed by atoms with Gasteiger partial charge in [-0.2, -0.15) is 0 Å². The van der Waals surface area contributed by atoms with Crippen LogP contribution in [-0.2, 0) is 9.53 Å². The standard InChI is InChI=1S/C13H21N3O3/c1-4-14-13(18)19-11-7-10-16(12(11)17)9-6-5-8-15(2)3/h11H,4,7-10H2,1-3H3,(H,14,18)/t11-/m1/s1. The van der Waals surface area contributed by atoms with E-state index in [-0.39, 0.29) is 5.91 Å². The molecule has 6 nitrogen and oxygen atoms in total. The maximum absolute atomic E-state index is 11.9. The monoisotopic (exact) mass is 267 g/mol. The van der Waals surface area contributed by atoms with E-state index in [9.17, 15) is 9.59 Å². The fourth-order valence-corrected chi connectivity index (χ4v) is 1.66. The van der Waals surface area contributed by atoms with Gasteiger partial charge in [0.25, 0.3) is 5.91 Å². The SMILES string of the molecule is CCNC(=O)O[C@@H]1CCN(CC#CCN(C)C)C1=O. The highest BCUT2D eigenvalue weighted by Gasteiger charge is 2.33. The predicted molar refractivity (Wildman–Crippen MR) is 71.5 cm³/mol. The Hall–Kier alpha value is -1.74. The molecule has 0 bridgehead atoms. The van der Waals surface area contributed by atoms with Gasteiger partial charge in [0.15, 0.2) is 6.10 Å². The minimum atomic E-state index is -0.665. The zero-order valence-corrected chi connectivity index (χ0v) is 11.7. The third-order valence-electron chi connectivity index (χ3n) is 2.61. The molecular formula is C13H21N3O3. The fraction of sp³-hybridized carbons (Fsp3) is 0.692. The second-order valence-electron chi connectivity index (χ2n) is 4.56. The number of rotatable bonds is 4. The Kier molecular flexibility index (Phi) is 6.16. The first kappa shape index (κ1) is 15.3. The molecule has 1 atom stereocenters. The van der Waals surface area contributed by atoms with E-state index in [0.717, 1.165) is 0 Å². The highest BCUT2D eigenvalue weighted by atomic mass is 16.6. The molecule has 0 aromatic heterocycles. The van der Waals surface area contributed by atoms with E-state index >= 15 is 0 Å². The van der Waals surface area contributed by atoms with E-state index in [0.29, 0.717) is 32.6 Å². The van der Waals surface area contributed by atoms with Gasteiger partial charge in [0.2, 0.25) is 0 Å². The van der Waals surface area contributed by atoms with Crippen molar-refractivity contribution in [1.29, 1.82) is 0 Å². The number of nitrogens with zero attached hydrogens (tertiary/aromatic N) is 2. The number of nitrogens with one attached hydrogen (secondary N) is 1. The van der Waals surface area contributed by atoms with Gasteiger partial charge in [0, 0.05) is 19.5 Å². The van der Waals surface area contributed by atoms with Gasteiger partial charge in [0.1, 0.15) is 0 Å². The second kappa shape index (κ2) is 7.64. The molecule has 1 fully saturated rings. The number of ether oxygens (including phenoxy) is 1. The first-order valence-corrected chi connectivity index (χ1v) is 6.38. The van der Waals surface area contributed by atoms with Crippen LogP contribution in [0.1, 0.15) is 13.3 Å². The van der Waals surface area contributed by atoms with Gasteiger partial charge < -0.3 is 15.0 Å². The van der Waals surface area contributed by atoms with E-state index in [2.05, 4.69) is 17.2 Å². The maximum Gasteiger partial charge on any atom is 0.407 e. The van der Waals surface area contributed by atoms with Crippen LogP contribution in [0.15, 0.2) is 0 Å². The molecule has 1 heterocycles. The molecule has 1 N–H and O–H groups in total. The largest absolute Gasteiger partial charge is 0.436 e. The summed E-state index contributed by atoms with van der Waals surface area (Å²) < 4.78 is 5.04. The minimum Gasteiger partial charge on any atom is -0.436 e. The molecule has 0 aromatic rings. The number of carbonyl (C=O) groups is 2. The lowest BCUT2D eigenvalue weighted by Gasteiger charge is -2.13. The summed E-state index contributed by atoms with van der Waals surface area (Å²) in [6.45, 7) is 3.92. The molecule has 0 unspecified atom stereocenters. The van der Waals surface area contributed by atoms with E-state index < -0.39 is 12.2 Å². The normalized spacial score (nSPS) is 18.2. The lowest BCUT2D eigenvalue weighted by molar-refractivity contribution is -0.134. The van der Waals surface area contributed by atoms with Crippen molar-refractivity contribution < 1.29 is 14.3 Å². The quantitative estimate of drug-likeness (QED) is 0.723. The second-order valence-corrected chi connectivity index (χ2v) is 4.56. The maximum atomic E-state index is 11.9. The van der Waals surface area contributed by atoms with Crippen LogP contribution in [0.5, 0.6) is 0 Å². The van der Waals surface area contributed by atoms with Gasteiger partial charge in [-0.15, -0.1) is 0 Å². The summed E-state index contributed by atoms with van der Waals surface area (Å²) in [5.74, 6) is 5.75. The molecule has 1 aliphatic heterocycles. The summed E-state index contributed by atoms with van der Waals surface area (Å²) in [6, 6.07) is 0. The van der Waals surface area contributed by atoms with Crippen LogP contribution < -0.4 is 5.32 Å². The molecule has 1 saturated heterocycles. The van der Waals surface area contributed by atoms with E-state index in [1.54, 1.807) is 11.8 Å². The zero-order valence-electron chi connectivity index (χ0n) is 11.7. The lowest BCUT2D eigenvalue weighted by atomic mass is 10.3. The first-order chi connectivity index (χ1) is 9.04. The number of hydrogen-bond donors (Lipinski definition) is 1. The Balaban J connectivity index is 2.38. The number of hydrogen-bond acceptors (Lipinski definition) is 4. The summed E-state index contributed by atoms with van der Waals surface area (Å²) in [6.07, 6.45) is -0.672. The van der Waals surface area contributed by atoms with E-state index in [1.807, 2.05) is 19.0 Å². The van der Waals surface area contributed by atoms with Crippen molar-refractivity contribution in [2.24, 2.45) is 0 Å². The molecule has 6 heteroatoms. The topological polar surface area (TPSA) is 61.9 Å². The molecule has 106 valence electrons. The number of likely N-dealkylation sites (tertiary alicyclic amines) is 1.